The molecule has 2 atom stereocenters. The van der Waals surface area contributed by atoms with E-state index in [1.807, 2.05) is 38.1 Å². The largest absolute Gasteiger partial charge is 0.480 e. The highest BCUT2D eigenvalue weighted by atomic mass is 16.5. The van der Waals surface area contributed by atoms with E-state index in [-0.39, 0.29) is 18.9 Å². The Balaban J connectivity index is 1.58. The van der Waals surface area contributed by atoms with Crippen molar-refractivity contribution in [3.05, 3.63) is 59.7 Å². The first-order valence-corrected chi connectivity index (χ1v) is 11.6. The van der Waals surface area contributed by atoms with Gasteiger partial charge in [0.25, 0.3) is 0 Å². The molecule has 2 amide bonds. The fraction of sp³-hybridized carbons (Fsp3) is 0.423. The van der Waals surface area contributed by atoms with Gasteiger partial charge in [-0.25, -0.2) is 9.59 Å². The summed E-state index contributed by atoms with van der Waals surface area (Å²) in [7, 11) is 0. The first kappa shape index (κ1) is 24.3. The van der Waals surface area contributed by atoms with Crippen molar-refractivity contribution in [3.63, 3.8) is 0 Å². The first-order valence-electron chi connectivity index (χ1n) is 11.6. The summed E-state index contributed by atoms with van der Waals surface area (Å²) >= 11 is 0. The fourth-order valence-corrected chi connectivity index (χ4v) is 4.40. The summed E-state index contributed by atoms with van der Waals surface area (Å²) in [6, 6.07) is 14.9. The lowest BCUT2D eigenvalue weighted by atomic mass is 9.98. The number of carboxylic acids is 1. The van der Waals surface area contributed by atoms with E-state index in [1.165, 1.54) is 0 Å². The molecule has 0 aliphatic heterocycles. The molecular formula is C26H32N2O5. The number of nitrogens with one attached hydrogen (secondary N) is 2. The van der Waals surface area contributed by atoms with Gasteiger partial charge in [-0.05, 0) is 35.1 Å². The third kappa shape index (κ3) is 6.12. The van der Waals surface area contributed by atoms with Crippen molar-refractivity contribution in [2.75, 3.05) is 6.61 Å². The number of ether oxygens (including phenoxy) is 1. The number of hydrogen-bond acceptors (Lipinski definition) is 4. The molecule has 0 fully saturated rings. The number of hydrogen-bond donors (Lipinski definition) is 3. The van der Waals surface area contributed by atoms with Gasteiger partial charge < -0.3 is 20.5 Å². The molecule has 0 saturated heterocycles. The van der Waals surface area contributed by atoms with Crippen LogP contribution >= 0.6 is 0 Å². The smallest absolute Gasteiger partial charge is 0.407 e. The van der Waals surface area contributed by atoms with Gasteiger partial charge >= 0.3 is 12.1 Å². The standard InChI is InChI=1S/C26H32N2O5/c1-3-9-17(15-24(29)28-23(10-4-2)25(30)31)27-26(32)33-16-22-20-13-7-5-11-18(20)19-12-6-8-14-21(19)22/h5-8,11-14,17,22-23H,3-4,9-10,15-16H2,1-2H3,(H,27,32)(H,28,29)(H,30,31)/t17-,23-/m0/s1. The molecule has 0 bridgehead atoms. The van der Waals surface area contributed by atoms with Crippen LogP contribution in [0.1, 0.15) is 63.0 Å². The maximum Gasteiger partial charge on any atom is 0.407 e. The summed E-state index contributed by atoms with van der Waals surface area (Å²) in [5.41, 5.74) is 4.57. The molecule has 0 heterocycles. The van der Waals surface area contributed by atoms with E-state index in [0.29, 0.717) is 19.3 Å². The van der Waals surface area contributed by atoms with Crippen molar-refractivity contribution in [1.29, 1.82) is 0 Å². The summed E-state index contributed by atoms with van der Waals surface area (Å²) in [5.74, 6) is -1.49. The highest BCUT2D eigenvalue weighted by Gasteiger charge is 2.29. The Morgan fingerprint density at radius 3 is 2.03 bits per heavy atom. The SMILES string of the molecule is CCC[C@@H](CC(=O)N[C@@H](CCC)C(=O)O)NC(=O)OCC1c2ccccc2-c2ccccc21. The van der Waals surface area contributed by atoms with Crippen LogP contribution in [0.5, 0.6) is 0 Å². The molecular weight excluding hydrogens is 420 g/mol. The van der Waals surface area contributed by atoms with E-state index in [1.54, 1.807) is 0 Å². The fourth-order valence-electron chi connectivity index (χ4n) is 4.40. The molecule has 3 rings (SSSR count). The Labute approximate surface area is 194 Å². The van der Waals surface area contributed by atoms with Crippen LogP contribution < -0.4 is 10.6 Å². The maximum atomic E-state index is 12.6. The van der Waals surface area contributed by atoms with Crippen LogP contribution in [0.4, 0.5) is 4.79 Å². The molecule has 33 heavy (non-hydrogen) atoms. The number of carboxylic acid groups (broad SMARTS) is 1. The predicted octanol–water partition coefficient (Wildman–Crippen LogP) is 4.45. The van der Waals surface area contributed by atoms with Gasteiger partial charge in [0.15, 0.2) is 0 Å². The number of fused-ring (bicyclic) bond motifs is 3. The number of alkyl carbamates (subject to hydrolysis) is 1. The normalized spacial score (nSPS) is 14.0. The van der Waals surface area contributed by atoms with E-state index in [4.69, 9.17) is 4.74 Å². The van der Waals surface area contributed by atoms with Crippen LogP contribution in [-0.2, 0) is 14.3 Å². The van der Waals surface area contributed by atoms with Crippen LogP contribution in [-0.4, -0.2) is 41.8 Å². The molecule has 7 heteroatoms. The zero-order chi connectivity index (χ0) is 23.8. The van der Waals surface area contributed by atoms with Gasteiger partial charge in [-0.3, -0.25) is 4.79 Å². The zero-order valence-corrected chi connectivity index (χ0v) is 19.2. The highest BCUT2D eigenvalue weighted by Crippen LogP contribution is 2.44. The van der Waals surface area contributed by atoms with Crippen molar-refractivity contribution < 1.29 is 24.2 Å². The summed E-state index contributed by atoms with van der Waals surface area (Å²) in [5, 5.41) is 14.6. The van der Waals surface area contributed by atoms with E-state index < -0.39 is 30.1 Å². The number of benzene rings is 2. The van der Waals surface area contributed by atoms with Gasteiger partial charge in [-0.15, -0.1) is 0 Å². The molecule has 1 aliphatic carbocycles. The third-order valence-corrected chi connectivity index (χ3v) is 5.95. The van der Waals surface area contributed by atoms with Gasteiger partial charge in [0.2, 0.25) is 5.91 Å². The average Bonchev–Trinajstić information content (AvgIpc) is 3.11. The van der Waals surface area contributed by atoms with Crippen molar-refractivity contribution >= 4 is 18.0 Å². The van der Waals surface area contributed by atoms with E-state index in [2.05, 4.69) is 34.9 Å². The lowest BCUT2D eigenvalue weighted by molar-refractivity contribution is -0.142. The van der Waals surface area contributed by atoms with Crippen molar-refractivity contribution in [1.82, 2.24) is 10.6 Å². The Morgan fingerprint density at radius 1 is 0.909 bits per heavy atom. The Kier molecular flexibility index (Phi) is 8.46. The minimum absolute atomic E-state index is 0.00549. The van der Waals surface area contributed by atoms with Gasteiger partial charge in [0.1, 0.15) is 12.6 Å². The summed E-state index contributed by atoms with van der Waals surface area (Å²) < 4.78 is 5.58. The monoisotopic (exact) mass is 452 g/mol. The molecule has 0 unspecified atom stereocenters. The quantitative estimate of drug-likeness (QED) is 0.467. The Morgan fingerprint density at radius 2 is 1.48 bits per heavy atom. The molecule has 0 radical (unpaired) electrons. The molecule has 2 aromatic rings. The van der Waals surface area contributed by atoms with Gasteiger partial charge in [0, 0.05) is 18.4 Å². The van der Waals surface area contributed by atoms with Gasteiger partial charge in [0.05, 0.1) is 0 Å². The number of carbonyl (C=O) groups is 3. The minimum atomic E-state index is -1.05. The molecule has 0 spiro atoms. The minimum Gasteiger partial charge on any atom is -0.480 e. The second-order valence-electron chi connectivity index (χ2n) is 8.41. The molecule has 0 saturated carbocycles. The topological polar surface area (TPSA) is 105 Å². The molecule has 1 aliphatic rings. The average molecular weight is 453 g/mol. The second kappa shape index (κ2) is 11.5. The summed E-state index contributed by atoms with van der Waals surface area (Å²) in [4.78, 5) is 36.2. The zero-order valence-electron chi connectivity index (χ0n) is 19.2. The number of rotatable bonds is 11. The van der Waals surface area contributed by atoms with E-state index in [0.717, 1.165) is 28.7 Å². The van der Waals surface area contributed by atoms with Crippen molar-refractivity contribution in [2.45, 2.75) is 64.0 Å². The maximum absolute atomic E-state index is 12.6. The van der Waals surface area contributed by atoms with Crippen molar-refractivity contribution in [2.24, 2.45) is 0 Å². The summed E-state index contributed by atoms with van der Waals surface area (Å²) in [6.45, 7) is 4.02. The van der Waals surface area contributed by atoms with E-state index >= 15 is 0 Å². The number of aliphatic carboxylic acids is 1. The van der Waals surface area contributed by atoms with Crippen LogP contribution in [0, 0.1) is 0 Å². The highest BCUT2D eigenvalue weighted by molar-refractivity contribution is 5.84. The van der Waals surface area contributed by atoms with Crippen LogP contribution in [0.2, 0.25) is 0 Å². The molecule has 3 N–H and O–H groups in total. The second-order valence-corrected chi connectivity index (χ2v) is 8.41. The predicted molar refractivity (Wildman–Crippen MR) is 126 cm³/mol. The third-order valence-electron chi connectivity index (χ3n) is 5.95. The molecule has 176 valence electrons. The lowest BCUT2D eigenvalue weighted by Crippen LogP contribution is -2.44. The van der Waals surface area contributed by atoms with Crippen LogP contribution in [0.25, 0.3) is 11.1 Å². The lowest BCUT2D eigenvalue weighted by Gasteiger charge is -2.20. The molecule has 2 aromatic carbocycles. The first-order chi connectivity index (χ1) is 15.9. The van der Waals surface area contributed by atoms with E-state index in [9.17, 15) is 19.5 Å². The summed E-state index contributed by atoms with van der Waals surface area (Å²) in [6.07, 6.45) is 1.78. The molecule has 0 aromatic heterocycles. The Bertz CT molecular complexity index is 945. The van der Waals surface area contributed by atoms with Gasteiger partial charge in [-0.1, -0.05) is 75.2 Å². The number of amides is 2. The van der Waals surface area contributed by atoms with Crippen LogP contribution in [0.15, 0.2) is 48.5 Å². The van der Waals surface area contributed by atoms with Gasteiger partial charge in [-0.2, -0.15) is 0 Å². The Hall–Kier alpha value is -3.35. The van der Waals surface area contributed by atoms with Crippen molar-refractivity contribution in [3.8, 4) is 11.1 Å². The van der Waals surface area contributed by atoms with Crippen LogP contribution in [0.3, 0.4) is 0 Å². The number of carbonyl (C=O) groups excluding carboxylic acids is 2. The molecule has 7 nitrogen and oxygen atoms in total.